The minimum Gasteiger partial charge on any atom is -0.338 e. The Morgan fingerprint density at radius 1 is 1.17 bits per heavy atom. The molecule has 1 aliphatic heterocycles. The van der Waals surface area contributed by atoms with Gasteiger partial charge in [0, 0.05) is 22.6 Å². The van der Waals surface area contributed by atoms with Crippen molar-refractivity contribution in [1.82, 2.24) is 20.8 Å². The van der Waals surface area contributed by atoms with E-state index in [1.54, 1.807) is 12.1 Å². The Kier molecular flexibility index (Phi) is 4.83. The number of carbonyl (C=O) groups is 3. The molecule has 9 nitrogen and oxygen atoms in total. The largest absolute Gasteiger partial charge is 0.338 e. The van der Waals surface area contributed by atoms with E-state index in [0.29, 0.717) is 43.1 Å². The molecule has 2 heterocycles. The zero-order chi connectivity index (χ0) is 21.5. The molecular formula is C21H25N5O4. The van der Waals surface area contributed by atoms with Crippen LogP contribution in [0.5, 0.6) is 0 Å². The van der Waals surface area contributed by atoms with E-state index in [0.717, 1.165) is 5.56 Å². The molecule has 9 heteroatoms. The first kappa shape index (κ1) is 20.1. The van der Waals surface area contributed by atoms with E-state index < -0.39 is 11.6 Å². The normalized spacial score (nSPS) is 23.9. The van der Waals surface area contributed by atoms with Crippen molar-refractivity contribution >= 4 is 23.5 Å². The van der Waals surface area contributed by atoms with Crippen molar-refractivity contribution in [1.29, 1.82) is 0 Å². The van der Waals surface area contributed by atoms with Crippen molar-refractivity contribution in [3.8, 4) is 11.4 Å². The number of carbonyl (C=O) groups excluding carboxylic acids is 3. The third-order valence-corrected chi connectivity index (χ3v) is 5.70. The van der Waals surface area contributed by atoms with Gasteiger partial charge in [0.25, 0.3) is 5.91 Å². The number of hydrogen-bond acceptors (Lipinski definition) is 6. The molecule has 0 radical (unpaired) electrons. The Morgan fingerprint density at radius 2 is 1.83 bits per heavy atom. The Labute approximate surface area is 174 Å². The predicted octanol–water partition coefficient (Wildman–Crippen LogP) is 2.74. The highest BCUT2D eigenvalue weighted by Crippen LogP contribution is 2.35. The lowest BCUT2D eigenvalue weighted by atomic mass is 9.76. The van der Waals surface area contributed by atoms with Crippen molar-refractivity contribution < 1.29 is 18.9 Å². The zero-order valence-electron chi connectivity index (χ0n) is 17.2. The van der Waals surface area contributed by atoms with Crippen LogP contribution in [0.1, 0.15) is 52.3 Å². The molecule has 1 aromatic heterocycles. The van der Waals surface area contributed by atoms with Crippen LogP contribution in [-0.2, 0) is 15.0 Å². The minimum absolute atomic E-state index is 0.0862. The number of nitrogens with zero attached hydrogens (tertiary/aromatic N) is 2. The molecule has 2 aliphatic rings. The number of benzene rings is 1. The van der Waals surface area contributed by atoms with Crippen LogP contribution in [0.3, 0.4) is 0 Å². The summed E-state index contributed by atoms with van der Waals surface area (Å²) < 4.78 is 5.33. The molecular weight excluding hydrogens is 386 g/mol. The maximum atomic E-state index is 12.6. The molecule has 158 valence electrons. The van der Waals surface area contributed by atoms with Gasteiger partial charge in [0.2, 0.25) is 17.6 Å². The Morgan fingerprint density at radius 3 is 2.37 bits per heavy atom. The maximum absolute atomic E-state index is 12.6. The fourth-order valence-corrected chi connectivity index (χ4v) is 3.85. The molecule has 1 aromatic carbocycles. The van der Waals surface area contributed by atoms with Gasteiger partial charge >= 0.3 is 6.03 Å². The molecule has 2 aromatic rings. The van der Waals surface area contributed by atoms with Crippen LogP contribution >= 0.6 is 0 Å². The quantitative estimate of drug-likeness (QED) is 0.667. The van der Waals surface area contributed by atoms with Crippen LogP contribution < -0.4 is 16.0 Å². The van der Waals surface area contributed by atoms with E-state index in [1.165, 1.54) is 0 Å². The summed E-state index contributed by atoms with van der Waals surface area (Å²) in [5, 5.41) is 11.9. The number of amides is 4. The van der Waals surface area contributed by atoms with Gasteiger partial charge in [-0.3, -0.25) is 14.9 Å². The minimum atomic E-state index is -0.855. The monoisotopic (exact) mass is 411 g/mol. The summed E-state index contributed by atoms with van der Waals surface area (Å²) in [4.78, 5) is 40.5. The topological polar surface area (TPSA) is 126 Å². The van der Waals surface area contributed by atoms with Crippen LogP contribution in [0, 0.1) is 5.92 Å². The van der Waals surface area contributed by atoms with Crippen LogP contribution in [0.4, 0.5) is 10.5 Å². The zero-order valence-corrected chi connectivity index (χ0v) is 17.2. The van der Waals surface area contributed by atoms with Crippen molar-refractivity contribution in [2.75, 3.05) is 5.32 Å². The second-order valence-electron chi connectivity index (χ2n) is 9.00. The SMILES string of the molecule is CC(C)(C)c1nc(-c2ccc(NC(=O)C3CCC4(CC3)NC(=O)NC4=O)cc2)no1. The fourth-order valence-electron chi connectivity index (χ4n) is 3.85. The van der Waals surface area contributed by atoms with Gasteiger partial charge < -0.3 is 15.2 Å². The Balaban J connectivity index is 1.36. The van der Waals surface area contributed by atoms with Crippen LogP contribution in [-0.4, -0.2) is 33.5 Å². The smallest absolute Gasteiger partial charge is 0.322 e. The Bertz CT molecular complexity index is 982. The molecule has 0 atom stereocenters. The molecule has 1 saturated heterocycles. The van der Waals surface area contributed by atoms with E-state index >= 15 is 0 Å². The summed E-state index contributed by atoms with van der Waals surface area (Å²) in [6.07, 6.45) is 1.98. The first-order valence-corrected chi connectivity index (χ1v) is 10.1. The molecule has 0 unspecified atom stereocenters. The first-order chi connectivity index (χ1) is 14.2. The van der Waals surface area contributed by atoms with Crippen molar-refractivity contribution in [3.05, 3.63) is 30.2 Å². The molecule has 2 fully saturated rings. The summed E-state index contributed by atoms with van der Waals surface area (Å²) in [5.74, 6) is 0.492. The van der Waals surface area contributed by atoms with Gasteiger partial charge in [-0.05, 0) is 49.9 Å². The molecule has 0 bridgehead atoms. The second kappa shape index (κ2) is 7.23. The number of rotatable bonds is 3. The average Bonchev–Trinajstić information content (AvgIpc) is 3.28. The maximum Gasteiger partial charge on any atom is 0.322 e. The lowest BCUT2D eigenvalue weighted by molar-refractivity contribution is -0.128. The predicted molar refractivity (Wildman–Crippen MR) is 108 cm³/mol. The van der Waals surface area contributed by atoms with E-state index in [1.807, 2.05) is 32.9 Å². The number of imide groups is 1. The number of aromatic nitrogens is 2. The van der Waals surface area contributed by atoms with Gasteiger partial charge in [0.15, 0.2) is 0 Å². The third kappa shape index (κ3) is 3.79. The highest BCUT2D eigenvalue weighted by atomic mass is 16.5. The first-order valence-electron chi connectivity index (χ1n) is 10.1. The van der Waals surface area contributed by atoms with Gasteiger partial charge in [-0.1, -0.05) is 25.9 Å². The van der Waals surface area contributed by atoms with Gasteiger partial charge in [-0.2, -0.15) is 4.98 Å². The van der Waals surface area contributed by atoms with E-state index in [-0.39, 0.29) is 23.1 Å². The summed E-state index contributed by atoms with van der Waals surface area (Å²) in [7, 11) is 0. The van der Waals surface area contributed by atoms with E-state index in [2.05, 4.69) is 26.1 Å². The summed E-state index contributed by atoms with van der Waals surface area (Å²) in [5.41, 5.74) is 0.400. The van der Waals surface area contributed by atoms with Gasteiger partial charge in [0.1, 0.15) is 5.54 Å². The summed E-state index contributed by atoms with van der Waals surface area (Å²) in [6.45, 7) is 6.01. The number of hydrogen-bond donors (Lipinski definition) is 3. The number of urea groups is 1. The van der Waals surface area contributed by atoms with E-state index in [4.69, 9.17) is 4.52 Å². The molecule has 4 amide bonds. The highest BCUT2D eigenvalue weighted by Gasteiger charge is 2.48. The standard InChI is InChI=1S/C21H25N5O4/c1-20(2,3)18-23-15(26-30-18)12-4-6-14(7-5-12)22-16(27)13-8-10-21(11-9-13)17(28)24-19(29)25-21/h4-7,13H,8-11H2,1-3H3,(H,22,27)(H2,24,25,28,29). The fraction of sp³-hybridized carbons (Fsp3) is 0.476. The van der Waals surface area contributed by atoms with Crippen LogP contribution in [0.15, 0.2) is 28.8 Å². The van der Waals surface area contributed by atoms with Crippen molar-refractivity contribution in [2.24, 2.45) is 5.92 Å². The van der Waals surface area contributed by atoms with Crippen LogP contribution in [0.25, 0.3) is 11.4 Å². The lowest BCUT2D eigenvalue weighted by Gasteiger charge is -2.33. The third-order valence-electron chi connectivity index (χ3n) is 5.70. The lowest BCUT2D eigenvalue weighted by Crippen LogP contribution is -2.50. The molecule has 4 rings (SSSR count). The van der Waals surface area contributed by atoms with E-state index in [9.17, 15) is 14.4 Å². The summed E-state index contributed by atoms with van der Waals surface area (Å²) >= 11 is 0. The van der Waals surface area contributed by atoms with Gasteiger partial charge in [-0.25, -0.2) is 4.79 Å². The molecule has 30 heavy (non-hydrogen) atoms. The summed E-state index contributed by atoms with van der Waals surface area (Å²) in [6, 6.07) is 6.81. The van der Waals surface area contributed by atoms with Crippen LogP contribution in [0.2, 0.25) is 0 Å². The Hall–Kier alpha value is -3.23. The second-order valence-corrected chi connectivity index (χ2v) is 9.00. The molecule has 1 saturated carbocycles. The molecule has 3 N–H and O–H groups in total. The van der Waals surface area contributed by atoms with Gasteiger partial charge in [-0.15, -0.1) is 0 Å². The highest BCUT2D eigenvalue weighted by molar-refractivity contribution is 6.07. The number of nitrogens with one attached hydrogen (secondary N) is 3. The molecule has 1 spiro atoms. The average molecular weight is 411 g/mol. The van der Waals surface area contributed by atoms with Gasteiger partial charge in [0.05, 0.1) is 0 Å². The van der Waals surface area contributed by atoms with Crippen molar-refractivity contribution in [2.45, 2.75) is 57.4 Å². The number of anilines is 1. The molecule has 1 aliphatic carbocycles. The van der Waals surface area contributed by atoms with Crippen molar-refractivity contribution in [3.63, 3.8) is 0 Å².